The summed E-state index contributed by atoms with van der Waals surface area (Å²) in [4.78, 5) is 37.2. The molecule has 0 bridgehead atoms. The Balaban J connectivity index is 1.43. The first-order valence-electron chi connectivity index (χ1n) is 9.14. The van der Waals surface area contributed by atoms with Crippen molar-refractivity contribution in [2.24, 2.45) is 0 Å². The first-order valence-corrected chi connectivity index (χ1v) is 9.14. The number of rotatable bonds is 5. The van der Waals surface area contributed by atoms with E-state index in [0.717, 1.165) is 35.5 Å². The molecule has 1 aliphatic rings. The van der Waals surface area contributed by atoms with Crippen molar-refractivity contribution in [1.82, 2.24) is 29.3 Å². The van der Waals surface area contributed by atoms with Gasteiger partial charge in [-0.25, -0.2) is 19.6 Å². The molecule has 0 aliphatic heterocycles. The molecule has 0 aromatic carbocycles. The Bertz CT molecular complexity index is 1090. The number of nitrogens with zero attached hydrogens (tertiary/aromatic N) is 6. The largest absolute Gasteiger partial charge is 0.322 e. The molecule has 0 spiro atoms. The second-order valence-corrected chi connectivity index (χ2v) is 7.08. The maximum Gasteiger partial charge on any atom is 0.254 e. The summed E-state index contributed by atoms with van der Waals surface area (Å²) in [5.41, 5.74) is 4.01. The van der Waals surface area contributed by atoms with Gasteiger partial charge in [0.2, 0.25) is 5.91 Å². The van der Waals surface area contributed by atoms with Crippen molar-refractivity contribution in [3.05, 3.63) is 57.8 Å². The number of nitrogens with one attached hydrogen (secondary N) is 1. The molecule has 144 valence electrons. The summed E-state index contributed by atoms with van der Waals surface area (Å²) in [6.45, 7) is 5.77. The molecule has 1 saturated carbocycles. The molecule has 1 fully saturated rings. The van der Waals surface area contributed by atoms with Gasteiger partial charge in [0.15, 0.2) is 0 Å². The van der Waals surface area contributed by atoms with Gasteiger partial charge >= 0.3 is 0 Å². The van der Waals surface area contributed by atoms with Crippen molar-refractivity contribution >= 4 is 11.6 Å². The maximum atomic E-state index is 12.3. The van der Waals surface area contributed by atoms with Gasteiger partial charge < -0.3 is 5.32 Å². The van der Waals surface area contributed by atoms with Gasteiger partial charge in [0.25, 0.3) is 11.5 Å². The SMILES string of the molecule is Cc1nn(-c2ncc(NC(=O)Cn3cnc(C4CC4)cc3=O)cn2)c(C)c1C. The molecule has 1 aliphatic carbocycles. The zero-order valence-corrected chi connectivity index (χ0v) is 16.0. The quantitative estimate of drug-likeness (QED) is 0.722. The lowest BCUT2D eigenvalue weighted by Crippen LogP contribution is -2.28. The van der Waals surface area contributed by atoms with Gasteiger partial charge in [-0.3, -0.25) is 14.2 Å². The van der Waals surface area contributed by atoms with Gasteiger partial charge in [0.05, 0.1) is 35.8 Å². The number of hydrogen-bond acceptors (Lipinski definition) is 6. The summed E-state index contributed by atoms with van der Waals surface area (Å²) < 4.78 is 2.96. The summed E-state index contributed by atoms with van der Waals surface area (Å²) in [5.74, 6) is 0.488. The lowest BCUT2D eigenvalue weighted by molar-refractivity contribution is -0.116. The molecule has 28 heavy (non-hydrogen) atoms. The molecular formula is C19H21N7O2. The second-order valence-electron chi connectivity index (χ2n) is 7.08. The van der Waals surface area contributed by atoms with Crippen LogP contribution in [0, 0.1) is 20.8 Å². The summed E-state index contributed by atoms with van der Waals surface area (Å²) in [6.07, 6.45) is 6.61. The van der Waals surface area contributed by atoms with E-state index in [2.05, 4.69) is 25.4 Å². The van der Waals surface area contributed by atoms with Gasteiger partial charge in [0, 0.05) is 17.7 Å². The van der Waals surface area contributed by atoms with E-state index >= 15 is 0 Å². The maximum absolute atomic E-state index is 12.3. The van der Waals surface area contributed by atoms with E-state index in [4.69, 9.17) is 0 Å². The van der Waals surface area contributed by atoms with Gasteiger partial charge in [-0.1, -0.05) is 0 Å². The Hall–Kier alpha value is -3.36. The third-order valence-corrected chi connectivity index (χ3v) is 4.97. The molecule has 0 radical (unpaired) electrons. The molecule has 1 amide bonds. The highest BCUT2D eigenvalue weighted by molar-refractivity contribution is 5.90. The minimum Gasteiger partial charge on any atom is -0.322 e. The highest BCUT2D eigenvalue weighted by Crippen LogP contribution is 2.38. The molecule has 0 unspecified atom stereocenters. The summed E-state index contributed by atoms with van der Waals surface area (Å²) in [7, 11) is 0. The van der Waals surface area contributed by atoms with Crippen LogP contribution in [0.1, 0.15) is 41.4 Å². The Kier molecular flexibility index (Phi) is 4.50. The predicted octanol–water partition coefficient (Wildman–Crippen LogP) is 1.66. The molecule has 3 heterocycles. The highest BCUT2D eigenvalue weighted by atomic mass is 16.2. The number of aromatic nitrogens is 6. The molecule has 0 saturated heterocycles. The number of anilines is 1. The number of aryl methyl sites for hydroxylation is 1. The van der Waals surface area contributed by atoms with Gasteiger partial charge in [-0.05, 0) is 39.2 Å². The molecule has 3 aromatic rings. The molecule has 4 rings (SSSR count). The molecule has 3 aromatic heterocycles. The fourth-order valence-electron chi connectivity index (χ4n) is 2.93. The Morgan fingerprint density at radius 3 is 2.46 bits per heavy atom. The third kappa shape index (κ3) is 3.55. The summed E-state index contributed by atoms with van der Waals surface area (Å²) >= 11 is 0. The first kappa shape index (κ1) is 18.0. The fourth-order valence-corrected chi connectivity index (χ4v) is 2.93. The number of amides is 1. The average Bonchev–Trinajstić information content (AvgIpc) is 3.49. The van der Waals surface area contributed by atoms with Crippen LogP contribution < -0.4 is 10.9 Å². The van der Waals surface area contributed by atoms with Crippen LogP contribution in [0.25, 0.3) is 5.95 Å². The normalized spacial score (nSPS) is 13.5. The Morgan fingerprint density at radius 1 is 1.18 bits per heavy atom. The minimum atomic E-state index is -0.346. The van der Waals surface area contributed by atoms with Crippen molar-refractivity contribution < 1.29 is 4.79 Å². The third-order valence-electron chi connectivity index (χ3n) is 4.97. The van der Waals surface area contributed by atoms with E-state index in [1.807, 2.05) is 20.8 Å². The lowest BCUT2D eigenvalue weighted by atomic mass is 10.2. The molecule has 9 nitrogen and oxygen atoms in total. The van der Waals surface area contributed by atoms with Gasteiger partial charge in [0.1, 0.15) is 6.54 Å². The van der Waals surface area contributed by atoms with Crippen LogP contribution in [-0.2, 0) is 11.3 Å². The lowest BCUT2D eigenvalue weighted by Gasteiger charge is -2.08. The van der Waals surface area contributed by atoms with Crippen molar-refractivity contribution in [2.45, 2.75) is 46.1 Å². The molecule has 9 heteroatoms. The monoisotopic (exact) mass is 379 g/mol. The highest BCUT2D eigenvalue weighted by Gasteiger charge is 2.25. The van der Waals surface area contributed by atoms with Gasteiger partial charge in [-0.2, -0.15) is 5.10 Å². The van der Waals surface area contributed by atoms with Crippen molar-refractivity contribution in [3.63, 3.8) is 0 Å². The van der Waals surface area contributed by atoms with E-state index in [-0.39, 0.29) is 18.0 Å². The van der Waals surface area contributed by atoms with E-state index in [0.29, 0.717) is 17.6 Å². The van der Waals surface area contributed by atoms with Crippen LogP contribution in [0.3, 0.4) is 0 Å². The molecule has 0 atom stereocenters. The topological polar surface area (TPSA) is 108 Å². The van der Waals surface area contributed by atoms with E-state index in [1.54, 1.807) is 4.68 Å². The summed E-state index contributed by atoms with van der Waals surface area (Å²) in [5, 5.41) is 7.12. The smallest absolute Gasteiger partial charge is 0.254 e. The zero-order chi connectivity index (χ0) is 19.8. The molecular weight excluding hydrogens is 358 g/mol. The number of carbonyl (C=O) groups excluding carboxylic acids is 1. The zero-order valence-electron chi connectivity index (χ0n) is 16.0. The van der Waals surface area contributed by atoms with Crippen molar-refractivity contribution in [2.75, 3.05) is 5.32 Å². The summed E-state index contributed by atoms with van der Waals surface area (Å²) in [6, 6.07) is 1.51. The van der Waals surface area contributed by atoms with Crippen LogP contribution in [-0.4, -0.2) is 35.2 Å². The van der Waals surface area contributed by atoms with Crippen molar-refractivity contribution in [1.29, 1.82) is 0 Å². The standard InChI is InChI=1S/C19H21N7O2/c1-11-12(2)24-26(13(11)3)19-20-7-15(8-21-19)23-17(27)9-25-10-22-16(6-18(25)28)14-4-5-14/h6-8,10,14H,4-5,9H2,1-3H3,(H,23,27). The second kappa shape index (κ2) is 6.99. The van der Waals surface area contributed by atoms with Crippen LogP contribution in [0.4, 0.5) is 5.69 Å². The molecule has 1 N–H and O–H groups in total. The number of hydrogen-bond donors (Lipinski definition) is 1. The van der Waals surface area contributed by atoms with Crippen molar-refractivity contribution in [3.8, 4) is 5.95 Å². The van der Waals surface area contributed by atoms with E-state index < -0.39 is 0 Å². The van der Waals surface area contributed by atoms with Crippen LogP contribution in [0.15, 0.2) is 29.6 Å². The average molecular weight is 379 g/mol. The van der Waals surface area contributed by atoms with Gasteiger partial charge in [-0.15, -0.1) is 0 Å². The van der Waals surface area contributed by atoms with Crippen LogP contribution >= 0.6 is 0 Å². The number of carbonyl (C=O) groups is 1. The first-order chi connectivity index (χ1) is 13.4. The Morgan fingerprint density at radius 2 is 1.89 bits per heavy atom. The van der Waals surface area contributed by atoms with E-state index in [1.165, 1.54) is 29.4 Å². The van der Waals surface area contributed by atoms with Crippen LogP contribution in [0.2, 0.25) is 0 Å². The fraction of sp³-hybridized carbons (Fsp3) is 0.368. The van der Waals surface area contributed by atoms with E-state index in [9.17, 15) is 9.59 Å². The predicted molar refractivity (Wildman–Crippen MR) is 102 cm³/mol. The minimum absolute atomic E-state index is 0.116. The Labute approximate surface area is 161 Å². The van der Waals surface area contributed by atoms with Crippen LogP contribution in [0.5, 0.6) is 0 Å².